The van der Waals surface area contributed by atoms with Crippen molar-refractivity contribution in [3.8, 4) is 5.82 Å². The Balaban J connectivity index is 1.38. The molecule has 0 amide bonds. The minimum Gasteiger partial charge on any atom is -0.368 e. The van der Waals surface area contributed by atoms with Crippen LogP contribution in [0.5, 0.6) is 0 Å². The van der Waals surface area contributed by atoms with E-state index in [9.17, 15) is 30.4 Å². The maximum absolute atomic E-state index is 14.3. The van der Waals surface area contributed by atoms with Crippen LogP contribution >= 0.6 is 0 Å². The van der Waals surface area contributed by atoms with Crippen LogP contribution in [0.1, 0.15) is 18.4 Å². The second-order valence-corrected chi connectivity index (χ2v) is 11.0. The van der Waals surface area contributed by atoms with E-state index in [-0.39, 0.29) is 6.54 Å². The number of rotatable bonds is 7. The first kappa shape index (κ1) is 25.5. The second kappa shape index (κ2) is 9.65. The van der Waals surface area contributed by atoms with Crippen molar-refractivity contribution in [2.45, 2.75) is 30.3 Å². The highest BCUT2D eigenvalue weighted by atomic mass is 32.2. The lowest BCUT2D eigenvalue weighted by Gasteiger charge is -2.33. The molecule has 1 aromatic carbocycles. The van der Waals surface area contributed by atoms with Gasteiger partial charge in [-0.25, -0.2) is 40.0 Å². The molecule has 3 aromatic rings. The van der Waals surface area contributed by atoms with E-state index in [0.717, 1.165) is 36.2 Å². The average molecular weight is 543 g/mol. The maximum Gasteiger partial charge on any atom is 0.249 e. The van der Waals surface area contributed by atoms with Crippen molar-refractivity contribution in [3.63, 3.8) is 0 Å². The monoisotopic (exact) mass is 542 g/mol. The van der Waals surface area contributed by atoms with Gasteiger partial charge in [0.15, 0.2) is 34.0 Å². The Bertz CT molecular complexity index is 1390. The zero-order valence-corrected chi connectivity index (χ0v) is 20.5. The number of hydrogen-bond donors (Lipinski definition) is 0. The Labute approximate surface area is 210 Å². The molecule has 37 heavy (non-hydrogen) atoms. The third-order valence-corrected chi connectivity index (χ3v) is 8.42. The summed E-state index contributed by atoms with van der Waals surface area (Å²) >= 11 is 0. The van der Waals surface area contributed by atoms with E-state index in [1.165, 1.54) is 17.1 Å². The van der Waals surface area contributed by atoms with Crippen molar-refractivity contribution in [1.29, 1.82) is 0 Å². The summed E-state index contributed by atoms with van der Waals surface area (Å²) in [5.74, 6) is -11.4. The van der Waals surface area contributed by atoms with Gasteiger partial charge in [0.1, 0.15) is 0 Å². The third-order valence-electron chi connectivity index (χ3n) is 6.50. The highest BCUT2D eigenvalue weighted by Crippen LogP contribution is 2.36. The number of sulfonamides is 1. The van der Waals surface area contributed by atoms with Crippen molar-refractivity contribution < 1.29 is 30.4 Å². The summed E-state index contributed by atoms with van der Waals surface area (Å²) < 4.78 is 97.9. The molecular formula is C23H23F5N6O2S. The van der Waals surface area contributed by atoms with E-state index in [4.69, 9.17) is 0 Å². The molecule has 2 fully saturated rings. The molecule has 8 nitrogen and oxygen atoms in total. The minimum atomic E-state index is -5.06. The van der Waals surface area contributed by atoms with Crippen LogP contribution in [0.25, 0.3) is 5.82 Å². The molecule has 5 rings (SSSR count). The van der Waals surface area contributed by atoms with Crippen LogP contribution < -0.4 is 4.90 Å². The van der Waals surface area contributed by atoms with E-state index in [0.29, 0.717) is 24.2 Å². The number of hydrogen-bond acceptors (Lipinski definition) is 6. The second-order valence-electron chi connectivity index (χ2n) is 9.14. The molecule has 0 N–H and O–H groups in total. The molecule has 1 saturated carbocycles. The predicted octanol–water partition coefficient (Wildman–Crippen LogP) is 3.07. The highest BCUT2D eigenvalue weighted by molar-refractivity contribution is 7.89. The zero-order valence-electron chi connectivity index (χ0n) is 19.7. The molecule has 1 aliphatic carbocycles. The Morgan fingerprint density at radius 2 is 1.54 bits per heavy atom. The summed E-state index contributed by atoms with van der Waals surface area (Å²) in [4.78, 5) is 7.02. The molecule has 2 aromatic heterocycles. The summed E-state index contributed by atoms with van der Waals surface area (Å²) in [6, 6.07) is 3.03. The van der Waals surface area contributed by atoms with E-state index >= 15 is 0 Å². The highest BCUT2D eigenvalue weighted by Gasteiger charge is 2.43. The smallest absolute Gasteiger partial charge is 0.249 e. The molecule has 198 valence electrons. The van der Waals surface area contributed by atoms with Gasteiger partial charge in [0.05, 0.1) is 18.1 Å². The number of likely N-dealkylation sites (N-methyl/N-ethyl adjacent to an activating group) is 1. The van der Waals surface area contributed by atoms with Crippen LogP contribution in [0, 0.1) is 29.1 Å². The fourth-order valence-electron chi connectivity index (χ4n) is 4.21. The molecule has 0 bridgehead atoms. The lowest BCUT2D eigenvalue weighted by atomic mass is 10.3. The Morgan fingerprint density at radius 3 is 2.11 bits per heavy atom. The maximum atomic E-state index is 14.3. The molecule has 1 aliphatic heterocycles. The zero-order chi connectivity index (χ0) is 26.5. The number of anilines is 1. The number of aromatic nitrogens is 3. The van der Waals surface area contributed by atoms with Gasteiger partial charge < -0.3 is 9.80 Å². The van der Waals surface area contributed by atoms with Gasteiger partial charge in [-0.05, 0) is 32.0 Å². The fourth-order valence-corrected chi connectivity index (χ4v) is 6.00. The lowest BCUT2D eigenvalue weighted by Crippen LogP contribution is -2.44. The summed E-state index contributed by atoms with van der Waals surface area (Å²) in [5.41, 5.74) is 1.31. The molecule has 0 radical (unpaired) electrons. The van der Waals surface area contributed by atoms with E-state index in [1.54, 1.807) is 12.3 Å². The normalized spacial score (nSPS) is 17.1. The van der Waals surface area contributed by atoms with Crippen molar-refractivity contribution in [3.05, 3.63) is 65.4 Å². The number of halogens is 5. The van der Waals surface area contributed by atoms with Gasteiger partial charge >= 0.3 is 0 Å². The van der Waals surface area contributed by atoms with Crippen LogP contribution in [0.4, 0.5) is 27.6 Å². The molecule has 0 spiro atoms. The number of nitrogens with zero attached hydrogens (tertiary/aromatic N) is 6. The first-order valence-electron chi connectivity index (χ1n) is 11.5. The SMILES string of the molecule is CN1CCN(c2ccc(-n3cc(CN(C4CC4)S(=O)(=O)c4c(F)c(F)c(F)c(F)c4F)cn3)nc2)CC1. The van der Waals surface area contributed by atoms with E-state index < -0.39 is 50.0 Å². The third kappa shape index (κ3) is 4.80. The Morgan fingerprint density at radius 1 is 0.919 bits per heavy atom. The van der Waals surface area contributed by atoms with Gasteiger partial charge in [-0.3, -0.25) is 0 Å². The van der Waals surface area contributed by atoms with Gasteiger partial charge in [0.2, 0.25) is 15.8 Å². The molecular weight excluding hydrogens is 519 g/mol. The minimum absolute atomic E-state index is 0.351. The van der Waals surface area contributed by atoms with Crippen molar-refractivity contribution in [1.82, 2.24) is 24.0 Å². The molecule has 1 saturated heterocycles. The quantitative estimate of drug-likeness (QED) is 0.260. The van der Waals surface area contributed by atoms with Crippen LogP contribution in [0.3, 0.4) is 0 Å². The Kier molecular flexibility index (Phi) is 6.66. The van der Waals surface area contributed by atoms with Gasteiger partial charge in [-0.1, -0.05) is 0 Å². The number of benzene rings is 1. The first-order valence-corrected chi connectivity index (χ1v) is 13.0. The van der Waals surface area contributed by atoms with Gasteiger partial charge in [0.25, 0.3) is 0 Å². The summed E-state index contributed by atoms with van der Waals surface area (Å²) in [5, 5.41) is 4.20. The van der Waals surface area contributed by atoms with Crippen molar-refractivity contribution in [2.75, 3.05) is 38.1 Å². The molecule has 3 heterocycles. The van der Waals surface area contributed by atoms with Gasteiger partial charge in [0, 0.05) is 50.5 Å². The van der Waals surface area contributed by atoms with Gasteiger partial charge in [-0.15, -0.1) is 0 Å². The van der Waals surface area contributed by atoms with Crippen LogP contribution in [0.2, 0.25) is 0 Å². The predicted molar refractivity (Wildman–Crippen MR) is 123 cm³/mol. The van der Waals surface area contributed by atoms with Crippen molar-refractivity contribution >= 4 is 15.7 Å². The Hall–Kier alpha value is -3.10. The standard InChI is InChI=1S/C23H23F5N6O2S/c1-31-6-8-32(9-7-31)16-4-5-17(29-11-16)33-12-14(10-30-33)13-34(15-2-3-15)37(35,36)23-21(27)19(25)18(24)20(26)22(23)28/h4-5,10-12,15H,2-3,6-9,13H2,1H3. The first-order chi connectivity index (χ1) is 17.6. The van der Waals surface area contributed by atoms with E-state index in [1.807, 2.05) is 6.07 Å². The summed E-state index contributed by atoms with van der Waals surface area (Å²) in [6.07, 6.45) is 5.35. The van der Waals surface area contributed by atoms with Crippen LogP contribution in [-0.4, -0.2) is 71.7 Å². The molecule has 0 unspecified atom stereocenters. The summed E-state index contributed by atoms with van der Waals surface area (Å²) in [7, 11) is -3.00. The summed E-state index contributed by atoms with van der Waals surface area (Å²) in [6.45, 7) is 3.26. The molecule has 14 heteroatoms. The average Bonchev–Trinajstić information content (AvgIpc) is 3.62. The largest absolute Gasteiger partial charge is 0.368 e. The number of pyridine rings is 1. The van der Waals surface area contributed by atoms with E-state index in [2.05, 4.69) is 26.9 Å². The van der Waals surface area contributed by atoms with Crippen LogP contribution in [0.15, 0.2) is 35.6 Å². The lowest BCUT2D eigenvalue weighted by molar-refractivity contribution is 0.313. The molecule has 0 atom stereocenters. The number of piperazine rings is 1. The van der Waals surface area contributed by atoms with Gasteiger partial charge in [-0.2, -0.15) is 9.40 Å². The van der Waals surface area contributed by atoms with Crippen molar-refractivity contribution in [2.24, 2.45) is 0 Å². The fraction of sp³-hybridized carbons (Fsp3) is 0.391. The molecule has 2 aliphatic rings. The van der Waals surface area contributed by atoms with Crippen LogP contribution in [-0.2, 0) is 16.6 Å². The topological polar surface area (TPSA) is 74.6 Å².